The van der Waals surface area contributed by atoms with Crippen molar-refractivity contribution in [2.75, 3.05) is 47.7 Å². The Bertz CT molecular complexity index is 1370. The highest BCUT2D eigenvalue weighted by atomic mass is 32.1. The van der Waals surface area contributed by atoms with Crippen molar-refractivity contribution < 1.29 is 46.4 Å². The number of alkyl halides is 3. The molecule has 0 saturated carbocycles. The van der Waals surface area contributed by atoms with Crippen LogP contribution < -0.4 is 24.3 Å². The Labute approximate surface area is 238 Å². The number of hydrogen-bond donors (Lipinski definition) is 1. The van der Waals surface area contributed by atoms with E-state index < -0.39 is 12.3 Å². The average molecular weight is 598 g/mol. The molecule has 0 aliphatic heterocycles. The lowest BCUT2D eigenvalue weighted by atomic mass is 10.1. The van der Waals surface area contributed by atoms with E-state index in [4.69, 9.17) is 18.9 Å². The van der Waals surface area contributed by atoms with Crippen LogP contribution in [0.3, 0.4) is 0 Å². The second kappa shape index (κ2) is 15.2. The Kier molecular flexibility index (Phi) is 11.7. The maximum atomic E-state index is 13.1. The summed E-state index contributed by atoms with van der Waals surface area (Å²) < 4.78 is 64.1. The van der Waals surface area contributed by atoms with Crippen LogP contribution in [0.25, 0.3) is 11.3 Å². The molecule has 0 radical (unpaired) electrons. The predicted molar refractivity (Wildman–Crippen MR) is 144 cm³/mol. The first kappa shape index (κ1) is 31.6. The van der Waals surface area contributed by atoms with Gasteiger partial charge in [0, 0.05) is 31.6 Å². The Balaban J connectivity index is 1.85. The van der Waals surface area contributed by atoms with Crippen molar-refractivity contribution in [1.29, 1.82) is 0 Å². The third kappa shape index (κ3) is 9.62. The number of methoxy groups -OCH3 is 3. The van der Waals surface area contributed by atoms with Crippen molar-refractivity contribution in [3.8, 4) is 28.5 Å². The standard InChI is InChI=1S/C27H30F3N3O7S/c1-36-13-14-39-16-24(34)31-11-4-12-33-22(18-5-7-19(8-6-18)40-27(28,29)30)17-41-26(33)32-25(35)21-10-9-20(37-2)15-23(21)38-3/h5-10,15,17H,4,11-14,16H2,1-3H3,(H,31,34)/b32-26-. The van der Waals surface area contributed by atoms with Gasteiger partial charge in [-0.25, -0.2) is 0 Å². The Morgan fingerprint density at radius 2 is 1.73 bits per heavy atom. The van der Waals surface area contributed by atoms with Crippen LogP contribution in [0.2, 0.25) is 0 Å². The molecule has 14 heteroatoms. The first-order chi connectivity index (χ1) is 19.6. The summed E-state index contributed by atoms with van der Waals surface area (Å²) in [5, 5.41) is 4.51. The van der Waals surface area contributed by atoms with Crippen LogP contribution in [0.15, 0.2) is 52.8 Å². The summed E-state index contributed by atoms with van der Waals surface area (Å²) in [6.45, 7) is 1.22. The summed E-state index contributed by atoms with van der Waals surface area (Å²) >= 11 is 1.19. The van der Waals surface area contributed by atoms with Gasteiger partial charge < -0.3 is 33.6 Å². The monoisotopic (exact) mass is 597 g/mol. The molecule has 3 rings (SSSR count). The topological polar surface area (TPSA) is 110 Å². The number of carbonyl (C=O) groups excluding carboxylic acids is 2. The van der Waals surface area contributed by atoms with Crippen LogP contribution in [0.1, 0.15) is 16.8 Å². The maximum Gasteiger partial charge on any atom is 0.573 e. The Morgan fingerprint density at radius 1 is 1.00 bits per heavy atom. The quantitative estimate of drug-likeness (QED) is 0.280. The third-order valence-electron chi connectivity index (χ3n) is 5.56. The van der Waals surface area contributed by atoms with Crippen molar-refractivity contribution in [2.45, 2.75) is 19.3 Å². The molecule has 1 N–H and O–H groups in total. The summed E-state index contributed by atoms with van der Waals surface area (Å²) in [7, 11) is 4.46. The zero-order valence-electron chi connectivity index (χ0n) is 22.7. The van der Waals surface area contributed by atoms with E-state index in [0.29, 0.717) is 54.5 Å². The molecule has 41 heavy (non-hydrogen) atoms. The lowest BCUT2D eigenvalue weighted by Crippen LogP contribution is -2.30. The molecule has 0 aliphatic carbocycles. The largest absolute Gasteiger partial charge is 0.573 e. The molecular weight excluding hydrogens is 567 g/mol. The van der Waals surface area contributed by atoms with Crippen LogP contribution in [0.4, 0.5) is 13.2 Å². The number of nitrogens with one attached hydrogen (secondary N) is 1. The number of aromatic nitrogens is 1. The van der Waals surface area contributed by atoms with E-state index in [0.717, 1.165) is 0 Å². The van der Waals surface area contributed by atoms with Crippen molar-refractivity contribution >= 4 is 23.2 Å². The molecule has 0 unspecified atom stereocenters. The second-order valence-corrected chi connectivity index (χ2v) is 9.20. The number of rotatable bonds is 14. The summed E-state index contributed by atoms with van der Waals surface area (Å²) in [5.74, 6) is -0.399. The average Bonchev–Trinajstić information content (AvgIpc) is 3.34. The first-order valence-corrected chi connectivity index (χ1v) is 13.2. The number of carbonyl (C=O) groups is 2. The number of benzene rings is 2. The van der Waals surface area contributed by atoms with Crippen LogP contribution in [-0.4, -0.2) is 70.4 Å². The van der Waals surface area contributed by atoms with Crippen LogP contribution in [0, 0.1) is 0 Å². The fourth-order valence-corrected chi connectivity index (χ4v) is 4.57. The number of ether oxygens (including phenoxy) is 5. The highest BCUT2D eigenvalue weighted by Crippen LogP contribution is 2.28. The highest BCUT2D eigenvalue weighted by molar-refractivity contribution is 7.07. The van der Waals surface area contributed by atoms with Gasteiger partial charge in [0.2, 0.25) is 5.91 Å². The Hall–Kier alpha value is -3.88. The van der Waals surface area contributed by atoms with E-state index in [1.165, 1.54) is 56.9 Å². The smallest absolute Gasteiger partial charge is 0.497 e. The van der Waals surface area contributed by atoms with E-state index in [-0.39, 0.29) is 29.6 Å². The summed E-state index contributed by atoms with van der Waals surface area (Å²) in [6.07, 6.45) is -4.34. The molecular formula is C27H30F3N3O7S. The number of thiazole rings is 1. The molecule has 2 amide bonds. The first-order valence-electron chi connectivity index (χ1n) is 12.3. The van der Waals surface area contributed by atoms with Gasteiger partial charge in [-0.2, -0.15) is 4.99 Å². The minimum Gasteiger partial charge on any atom is -0.497 e. The molecule has 0 saturated heterocycles. The lowest BCUT2D eigenvalue weighted by molar-refractivity contribution is -0.274. The van der Waals surface area contributed by atoms with Gasteiger partial charge in [-0.15, -0.1) is 24.5 Å². The van der Waals surface area contributed by atoms with Gasteiger partial charge in [-0.3, -0.25) is 9.59 Å². The molecule has 1 aromatic heterocycles. The highest BCUT2D eigenvalue weighted by Gasteiger charge is 2.31. The number of nitrogens with zero attached hydrogens (tertiary/aromatic N) is 2. The van der Waals surface area contributed by atoms with Crippen molar-refractivity contribution in [3.63, 3.8) is 0 Å². The van der Waals surface area contributed by atoms with Crippen LogP contribution in [-0.2, 0) is 20.8 Å². The number of amides is 2. The van der Waals surface area contributed by atoms with Gasteiger partial charge in [0.25, 0.3) is 5.91 Å². The zero-order chi connectivity index (χ0) is 29.8. The second-order valence-electron chi connectivity index (χ2n) is 8.36. The minimum absolute atomic E-state index is 0.106. The third-order valence-corrected chi connectivity index (χ3v) is 6.43. The van der Waals surface area contributed by atoms with Crippen molar-refractivity contribution in [1.82, 2.24) is 9.88 Å². The normalized spacial score (nSPS) is 11.8. The van der Waals surface area contributed by atoms with Gasteiger partial charge in [0.05, 0.1) is 38.7 Å². The fourth-order valence-electron chi connectivity index (χ4n) is 3.64. The molecule has 2 aromatic carbocycles. The molecule has 1 heterocycles. The van der Waals surface area contributed by atoms with Gasteiger partial charge in [0.1, 0.15) is 23.9 Å². The molecule has 0 spiro atoms. The fraction of sp³-hybridized carbons (Fsp3) is 0.370. The summed E-state index contributed by atoms with van der Waals surface area (Å²) in [6, 6.07) is 10.1. The molecule has 0 atom stereocenters. The van der Waals surface area contributed by atoms with Gasteiger partial charge >= 0.3 is 6.36 Å². The molecule has 10 nitrogen and oxygen atoms in total. The molecule has 222 valence electrons. The SMILES string of the molecule is COCCOCC(=O)NCCCn1c(-c2ccc(OC(F)(F)F)cc2)cs/c1=N\C(=O)c1ccc(OC)cc1OC. The van der Waals surface area contributed by atoms with Gasteiger partial charge in [-0.1, -0.05) is 0 Å². The summed E-state index contributed by atoms with van der Waals surface area (Å²) in [4.78, 5) is 29.8. The molecule has 3 aromatic rings. The molecule has 0 aliphatic rings. The van der Waals surface area contributed by atoms with E-state index in [9.17, 15) is 22.8 Å². The van der Waals surface area contributed by atoms with Gasteiger partial charge in [0.15, 0.2) is 4.80 Å². The number of halogens is 3. The van der Waals surface area contributed by atoms with E-state index in [1.807, 2.05) is 0 Å². The van der Waals surface area contributed by atoms with Gasteiger partial charge in [-0.05, 0) is 48.4 Å². The van der Waals surface area contributed by atoms with Crippen molar-refractivity contribution in [3.05, 3.63) is 58.2 Å². The molecule has 0 fully saturated rings. The van der Waals surface area contributed by atoms with Crippen LogP contribution in [0.5, 0.6) is 17.2 Å². The van der Waals surface area contributed by atoms with E-state index in [1.54, 1.807) is 28.1 Å². The number of hydrogen-bond acceptors (Lipinski definition) is 8. The summed E-state index contributed by atoms with van der Waals surface area (Å²) in [5.41, 5.74) is 1.43. The lowest BCUT2D eigenvalue weighted by Gasteiger charge is -2.12. The van der Waals surface area contributed by atoms with E-state index in [2.05, 4.69) is 15.0 Å². The van der Waals surface area contributed by atoms with Crippen molar-refractivity contribution in [2.24, 2.45) is 4.99 Å². The minimum atomic E-state index is -4.81. The molecule has 0 bridgehead atoms. The Morgan fingerprint density at radius 3 is 2.39 bits per heavy atom. The van der Waals surface area contributed by atoms with E-state index >= 15 is 0 Å². The maximum absolute atomic E-state index is 13.1. The van der Waals surface area contributed by atoms with Crippen LogP contribution >= 0.6 is 11.3 Å². The zero-order valence-corrected chi connectivity index (χ0v) is 23.5. The predicted octanol–water partition coefficient (Wildman–Crippen LogP) is 4.04.